The second-order valence-electron chi connectivity index (χ2n) is 7.15. The third kappa shape index (κ3) is 3.74. The Balaban J connectivity index is 0.00000105. The van der Waals surface area contributed by atoms with Gasteiger partial charge in [0.05, 0.1) is 10.6 Å². The fraction of sp³-hybridized carbons (Fsp3) is 0.350. The zero-order chi connectivity index (χ0) is 16.8. The fourth-order valence-corrected chi connectivity index (χ4v) is 5.00. The van der Waals surface area contributed by atoms with Gasteiger partial charge < -0.3 is 15.2 Å². The predicted molar refractivity (Wildman–Crippen MR) is 119 cm³/mol. The molecule has 0 spiro atoms. The van der Waals surface area contributed by atoms with Crippen LogP contribution >= 0.6 is 36.2 Å². The molecule has 3 aromatic rings. The third-order valence-corrected chi connectivity index (χ3v) is 6.60. The Hall–Kier alpha value is -1.53. The molecule has 3 aliphatic heterocycles. The minimum atomic E-state index is 0. The molecular weight excluding hydrogens is 399 g/mol. The van der Waals surface area contributed by atoms with Crippen molar-refractivity contribution < 1.29 is 0 Å². The molecule has 2 N–H and O–H groups in total. The summed E-state index contributed by atoms with van der Waals surface area (Å²) in [5, 5.41) is 3.27. The van der Waals surface area contributed by atoms with Gasteiger partial charge in [0.2, 0.25) is 0 Å². The number of aromatic nitrogens is 1. The minimum absolute atomic E-state index is 0. The SMILES string of the molecule is Cl.Cl.NC(=Nc1ccc2c(ccn2C2CN3CCC2CC3)c1)c1cccs1. The van der Waals surface area contributed by atoms with Crippen molar-refractivity contribution in [2.24, 2.45) is 16.6 Å². The molecule has 2 aromatic heterocycles. The van der Waals surface area contributed by atoms with E-state index in [0.717, 1.165) is 16.5 Å². The van der Waals surface area contributed by atoms with E-state index in [2.05, 4.69) is 44.9 Å². The lowest BCUT2D eigenvalue weighted by Crippen LogP contribution is -2.47. The fourth-order valence-electron chi connectivity index (χ4n) is 4.38. The number of fused-ring (bicyclic) bond motifs is 4. The van der Waals surface area contributed by atoms with Crippen LogP contribution in [0.25, 0.3) is 10.9 Å². The van der Waals surface area contributed by atoms with E-state index in [4.69, 9.17) is 5.73 Å². The molecule has 3 fully saturated rings. The number of aliphatic imine (C=N–C) groups is 1. The molecule has 0 radical (unpaired) electrons. The highest BCUT2D eigenvalue weighted by atomic mass is 35.5. The maximum Gasteiger partial charge on any atom is 0.141 e. The van der Waals surface area contributed by atoms with Crippen LogP contribution in [0, 0.1) is 5.92 Å². The normalized spacial score (nSPS) is 24.4. The summed E-state index contributed by atoms with van der Waals surface area (Å²) in [6.07, 6.45) is 4.93. The van der Waals surface area contributed by atoms with Crippen molar-refractivity contribution in [2.45, 2.75) is 18.9 Å². The van der Waals surface area contributed by atoms with Crippen LogP contribution in [0.4, 0.5) is 5.69 Å². The van der Waals surface area contributed by atoms with Gasteiger partial charge in [-0.05, 0) is 67.6 Å². The van der Waals surface area contributed by atoms with Gasteiger partial charge in [0.25, 0.3) is 0 Å². The zero-order valence-electron chi connectivity index (χ0n) is 15.0. The molecule has 6 rings (SSSR count). The smallest absolute Gasteiger partial charge is 0.141 e. The van der Waals surface area contributed by atoms with E-state index >= 15 is 0 Å². The number of hydrogen-bond acceptors (Lipinski definition) is 3. The van der Waals surface area contributed by atoms with Gasteiger partial charge in [-0.2, -0.15) is 0 Å². The van der Waals surface area contributed by atoms with Crippen LogP contribution in [0.5, 0.6) is 0 Å². The van der Waals surface area contributed by atoms with E-state index < -0.39 is 0 Å². The molecule has 3 aliphatic rings. The Morgan fingerprint density at radius 3 is 2.59 bits per heavy atom. The Kier molecular flexibility index (Phi) is 6.16. The number of thiophene rings is 1. The number of halogens is 2. The summed E-state index contributed by atoms with van der Waals surface area (Å²) in [5.41, 5.74) is 8.36. The molecular formula is C20H24Cl2N4S. The lowest BCUT2D eigenvalue weighted by Gasteiger charge is -2.45. The van der Waals surface area contributed by atoms with Crippen LogP contribution in [-0.2, 0) is 0 Å². The van der Waals surface area contributed by atoms with Crippen molar-refractivity contribution in [3.8, 4) is 0 Å². The molecule has 1 unspecified atom stereocenters. The maximum absolute atomic E-state index is 6.13. The van der Waals surface area contributed by atoms with E-state index in [1.165, 1.54) is 43.4 Å². The summed E-state index contributed by atoms with van der Waals surface area (Å²) in [7, 11) is 0. The van der Waals surface area contributed by atoms with E-state index in [1.807, 2.05) is 17.5 Å². The van der Waals surface area contributed by atoms with Crippen LogP contribution in [0.2, 0.25) is 0 Å². The van der Waals surface area contributed by atoms with Gasteiger partial charge in [-0.15, -0.1) is 36.2 Å². The summed E-state index contributed by atoms with van der Waals surface area (Å²) < 4.78 is 2.49. The zero-order valence-corrected chi connectivity index (χ0v) is 17.4. The standard InChI is InChI=1S/C20H22N4S.2ClH/c21-20(19-2-1-11-25-19)22-16-3-4-17-15(12-16)7-10-24(17)18-13-23-8-5-14(18)6-9-23;;/h1-4,7,10-12,14,18H,5-6,8-9,13H2,(H2,21,22);2*1H. The van der Waals surface area contributed by atoms with Crippen molar-refractivity contribution >= 4 is 58.6 Å². The van der Waals surface area contributed by atoms with Gasteiger partial charge in [-0.3, -0.25) is 0 Å². The van der Waals surface area contributed by atoms with Crippen molar-refractivity contribution in [1.29, 1.82) is 0 Å². The molecule has 7 heteroatoms. The number of benzene rings is 1. The van der Waals surface area contributed by atoms with Gasteiger partial charge in [-0.1, -0.05) is 6.07 Å². The van der Waals surface area contributed by atoms with Crippen LogP contribution in [-0.4, -0.2) is 34.9 Å². The third-order valence-electron chi connectivity index (χ3n) is 5.71. The minimum Gasteiger partial charge on any atom is -0.383 e. The summed E-state index contributed by atoms with van der Waals surface area (Å²) in [6.45, 7) is 3.75. The van der Waals surface area contributed by atoms with Crippen molar-refractivity contribution in [1.82, 2.24) is 9.47 Å². The van der Waals surface area contributed by atoms with Gasteiger partial charge in [0.15, 0.2) is 0 Å². The van der Waals surface area contributed by atoms with Gasteiger partial charge >= 0.3 is 0 Å². The second kappa shape index (κ2) is 8.23. The average Bonchev–Trinajstić information content (AvgIpc) is 3.32. The quantitative estimate of drug-likeness (QED) is 0.484. The van der Waals surface area contributed by atoms with Gasteiger partial charge in [0, 0.05) is 29.7 Å². The topological polar surface area (TPSA) is 46.5 Å². The highest BCUT2D eigenvalue weighted by Gasteiger charge is 2.35. The molecule has 5 heterocycles. The predicted octanol–water partition coefficient (Wildman–Crippen LogP) is 4.85. The number of hydrogen-bond donors (Lipinski definition) is 1. The maximum atomic E-state index is 6.13. The lowest BCUT2D eigenvalue weighted by atomic mass is 9.84. The first-order valence-electron chi connectivity index (χ1n) is 8.99. The average molecular weight is 423 g/mol. The highest BCUT2D eigenvalue weighted by molar-refractivity contribution is 7.12. The highest BCUT2D eigenvalue weighted by Crippen LogP contribution is 2.38. The summed E-state index contributed by atoms with van der Waals surface area (Å²) in [4.78, 5) is 8.23. The van der Waals surface area contributed by atoms with Crippen LogP contribution in [0.3, 0.4) is 0 Å². The summed E-state index contributed by atoms with van der Waals surface area (Å²) in [5.74, 6) is 1.42. The van der Waals surface area contributed by atoms with Crippen molar-refractivity contribution in [3.05, 3.63) is 52.9 Å². The first kappa shape index (κ1) is 20.2. The van der Waals surface area contributed by atoms with E-state index in [0.29, 0.717) is 11.9 Å². The van der Waals surface area contributed by atoms with Crippen molar-refractivity contribution in [3.63, 3.8) is 0 Å². The number of nitrogens with two attached hydrogens (primary N) is 1. The summed E-state index contributed by atoms with van der Waals surface area (Å²) >= 11 is 1.62. The summed E-state index contributed by atoms with van der Waals surface area (Å²) in [6, 6.07) is 13.3. The number of amidine groups is 1. The van der Waals surface area contributed by atoms with E-state index in [1.54, 1.807) is 11.3 Å². The Morgan fingerprint density at radius 1 is 1.11 bits per heavy atom. The molecule has 0 saturated carbocycles. The first-order valence-corrected chi connectivity index (χ1v) is 9.87. The lowest BCUT2D eigenvalue weighted by molar-refractivity contribution is 0.0591. The number of piperidine rings is 3. The molecule has 0 aliphatic carbocycles. The number of rotatable bonds is 3. The molecule has 0 amide bonds. The Morgan fingerprint density at radius 2 is 1.93 bits per heavy atom. The first-order chi connectivity index (χ1) is 12.3. The van der Waals surface area contributed by atoms with Crippen LogP contribution < -0.4 is 5.73 Å². The largest absolute Gasteiger partial charge is 0.383 e. The van der Waals surface area contributed by atoms with E-state index in [9.17, 15) is 0 Å². The Bertz CT molecular complexity index is 927. The molecule has 1 aromatic carbocycles. The Labute approximate surface area is 175 Å². The molecule has 2 bridgehead atoms. The van der Waals surface area contributed by atoms with Crippen LogP contribution in [0.15, 0.2) is 53.0 Å². The second-order valence-corrected chi connectivity index (χ2v) is 8.09. The van der Waals surface area contributed by atoms with E-state index in [-0.39, 0.29) is 24.8 Å². The molecule has 3 saturated heterocycles. The molecule has 4 nitrogen and oxygen atoms in total. The van der Waals surface area contributed by atoms with Gasteiger partial charge in [-0.25, -0.2) is 4.99 Å². The monoisotopic (exact) mass is 422 g/mol. The molecule has 1 atom stereocenters. The number of nitrogens with zero attached hydrogens (tertiary/aromatic N) is 3. The van der Waals surface area contributed by atoms with Crippen molar-refractivity contribution in [2.75, 3.05) is 19.6 Å². The molecule has 144 valence electrons. The van der Waals surface area contributed by atoms with Gasteiger partial charge in [0.1, 0.15) is 5.84 Å². The van der Waals surface area contributed by atoms with Crippen LogP contribution in [0.1, 0.15) is 23.8 Å². The molecule has 27 heavy (non-hydrogen) atoms.